The number of hydrogen-bond acceptors (Lipinski definition) is 4. The van der Waals surface area contributed by atoms with Gasteiger partial charge in [-0.25, -0.2) is 4.98 Å². The average molecular weight is 521 g/mol. The Kier molecular flexibility index (Phi) is 8.18. The number of aromatic nitrogens is 1. The molecule has 30 heavy (non-hydrogen) atoms. The second kappa shape index (κ2) is 10.8. The molecule has 2 aromatic rings. The third-order valence-corrected chi connectivity index (χ3v) is 5.98. The predicted octanol–water partition coefficient (Wildman–Crippen LogP) is 3.87. The first-order valence-corrected chi connectivity index (χ1v) is 10.6. The minimum atomic E-state index is 0. The fraction of sp³-hybridized carbons (Fsp3) is 0.478. The second-order valence-corrected chi connectivity index (χ2v) is 7.82. The summed E-state index contributed by atoms with van der Waals surface area (Å²) in [5, 5.41) is 3.55. The quantitative estimate of drug-likeness (QED) is 0.368. The Hall–Kier alpha value is -2.03. The maximum atomic E-state index is 5.28. The zero-order valence-electron chi connectivity index (χ0n) is 17.9. The van der Waals surface area contributed by atoms with E-state index < -0.39 is 0 Å². The van der Waals surface area contributed by atoms with Crippen molar-refractivity contribution in [1.82, 2.24) is 15.2 Å². The normalized spacial score (nSPS) is 19.0. The largest absolute Gasteiger partial charge is 0.497 e. The number of ether oxygens (including phenoxy) is 1. The van der Waals surface area contributed by atoms with Crippen LogP contribution in [0.25, 0.3) is 0 Å². The number of nitrogens with zero attached hydrogens (tertiary/aromatic N) is 4. The number of hydrogen-bond donors (Lipinski definition) is 1. The first-order chi connectivity index (χ1) is 14.3. The van der Waals surface area contributed by atoms with Crippen molar-refractivity contribution in [3.8, 4) is 5.75 Å². The monoisotopic (exact) mass is 521 g/mol. The summed E-state index contributed by atoms with van der Waals surface area (Å²) in [5.41, 5.74) is 2.61. The highest BCUT2D eigenvalue weighted by Gasteiger charge is 2.26. The smallest absolute Gasteiger partial charge is 0.193 e. The molecule has 2 aliphatic rings. The number of rotatable bonds is 5. The molecule has 3 heterocycles. The van der Waals surface area contributed by atoms with Gasteiger partial charge in [-0.2, -0.15) is 0 Å². The van der Waals surface area contributed by atoms with Crippen LogP contribution in [0.4, 0.5) is 5.82 Å². The molecule has 6 nitrogen and oxygen atoms in total. The summed E-state index contributed by atoms with van der Waals surface area (Å²) < 4.78 is 5.28. The van der Waals surface area contributed by atoms with E-state index in [-0.39, 0.29) is 24.0 Å². The Labute approximate surface area is 196 Å². The molecule has 1 aromatic carbocycles. The van der Waals surface area contributed by atoms with Gasteiger partial charge in [0.25, 0.3) is 0 Å². The molecule has 1 atom stereocenters. The third kappa shape index (κ3) is 5.36. The highest BCUT2D eigenvalue weighted by molar-refractivity contribution is 14.0. The Morgan fingerprint density at radius 2 is 1.93 bits per heavy atom. The lowest BCUT2D eigenvalue weighted by Crippen LogP contribution is -2.39. The maximum absolute atomic E-state index is 5.28. The molecule has 2 aliphatic heterocycles. The number of methoxy groups -OCH3 is 1. The topological polar surface area (TPSA) is 53.0 Å². The minimum absolute atomic E-state index is 0. The van der Waals surface area contributed by atoms with E-state index in [9.17, 15) is 0 Å². The van der Waals surface area contributed by atoms with Gasteiger partial charge >= 0.3 is 0 Å². The zero-order valence-corrected chi connectivity index (χ0v) is 20.2. The lowest BCUT2D eigenvalue weighted by molar-refractivity contribution is 0.414. The van der Waals surface area contributed by atoms with Crippen LogP contribution in [0, 0.1) is 0 Å². The van der Waals surface area contributed by atoms with Crippen LogP contribution in [0.15, 0.2) is 47.6 Å². The van der Waals surface area contributed by atoms with Gasteiger partial charge in [0, 0.05) is 51.9 Å². The van der Waals surface area contributed by atoms with Gasteiger partial charge in [0.15, 0.2) is 5.96 Å². The molecular formula is C23H32IN5O. The molecule has 0 spiro atoms. The van der Waals surface area contributed by atoms with E-state index in [0.717, 1.165) is 56.7 Å². The van der Waals surface area contributed by atoms with Gasteiger partial charge in [-0.1, -0.05) is 12.1 Å². The van der Waals surface area contributed by atoms with Crippen molar-refractivity contribution in [3.63, 3.8) is 0 Å². The zero-order chi connectivity index (χ0) is 20.1. The number of guanidine groups is 1. The molecule has 1 aromatic heterocycles. The van der Waals surface area contributed by atoms with Crippen molar-refractivity contribution in [2.75, 3.05) is 45.2 Å². The average Bonchev–Trinajstić information content (AvgIpc) is 3.47. The van der Waals surface area contributed by atoms with E-state index in [1.165, 1.54) is 24.0 Å². The summed E-state index contributed by atoms with van der Waals surface area (Å²) in [6.45, 7) is 5.00. The van der Waals surface area contributed by atoms with E-state index in [0.29, 0.717) is 5.92 Å². The van der Waals surface area contributed by atoms with E-state index in [4.69, 9.17) is 4.74 Å². The molecule has 2 fully saturated rings. The fourth-order valence-electron chi connectivity index (χ4n) is 4.30. The first kappa shape index (κ1) is 22.7. The van der Waals surface area contributed by atoms with Crippen LogP contribution >= 0.6 is 24.0 Å². The molecule has 4 rings (SSSR count). The number of benzene rings is 1. The molecular weight excluding hydrogens is 489 g/mol. The first-order valence-electron chi connectivity index (χ1n) is 10.6. The molecule has 162 valence electrons. The van der Waals surface area contributed by atoms with Crippen LogP contribution in [0.5, 0.6) is 5.75 Å². The van der Waals surface area contributed by atoms with Gasteiger partial charge in [0.2, 0.25) is 0 Å². The fourth-order valence-corrected chi connectivity index (χ4v) is 4.30. The molecule has 0 amide bonds. The molecule has 1 N–H and O–H groups in total. The minimum Gasteiger partial charge on any atom is -0.497 e. The predicted molar refractivity (Wildman–Crippen MR) is 133 cm³/mol. The van der Waals surface area contributed by atoms with Crippen LogP contribution in [0.2, 0.25) is 0 Å². The Balaban J connectivity index is 0.00000256. The SMILES string of the molecule is CN=C(NCc1ccnc(N2CCCC2)c1)N1CCC(c2ccc(OC)cc2)C1.I. The molecule has 0 bridgehead atoms. The number of aliphatic imine (C=N–C) groups is 1. The number of halogens is 1. The van der Waals surface area contributed by atoms with Crippen molar-refractivity contribution < 1.29 is 4.74 Å². The molecule has 0 aliphatic carbocycles. The highest BCUT2D eigenvalue weighted by Crippen LogP contribution is 2.28. The van der Waals surface area contributed by atoms with Gasteiger partial charge in [-0.15, -0.1) is 24.0 Å². The Morgan fingerprint density at radius 1 is 1.17 bits per heavy atom. The second-order valence-electron chi connectivity index (χ2n) is 7.82. The van der Waals surface area contributed by atoms with E-state index in [1.54, 1.807) is 7.11 Å². The summed E-state index contributed by atoms with van der Waals surface area (Å²) in [6, 6.07) is 12.7. The number of pyridine rings is 1. The van der Waals surface area contributed by atoms with E-state index >= 15 is 0 Å². The summed E-state index contributed by atoms with van der Waals surface area (Å²) in [6.07, 6.45) is 5.59. The summed E-state index contributed by atoms with van der Waals surface area (Å²) in [4.78, 5) is 13.8. The number of nitrogens with one attached hydrogen (secondary N) is 1. The van der Waals surface area contributed by atoms with Gasteiger partial charge in [0.1, 0.15) is 11.6 Å². The molecule has 7 heteroatoms. The molecule has 2 saturated heterocycles. The molecule has 0 saturated carbocycles. The van der Waals surface area contributed by atoms with Crippen LogP contribution in [-0.4, -0.2) is 56.2 Å². The number of anilines is 1. The van der Waals surface area contributed by atoms with Crippen LogP contribution in [0.3, 0.4) is 0 Å². The van der Waals surface area contributed by atoms with Crippen LogP contribution in [0.1, 0.15) is 36.3 Å². The Bertz CT molecular complexity index is 836. The highest BCUT2D eigenvalue weighted by atomic mass is 127. The van der Waals surface area contributed by atoms with Gasteiger partial charge in [0.05, 0.1) is 7.11 Å². The maximum Gasteiger partial charge on any atom is 0.193 e. The lowest BCUT2D eigenvalue weighted by atomic mass is 9.98. The lowest BCUT2D eigenvalue weighted by Gasteiger charge is -2.22. The summed E-state index contributed by atoms with van der Waals surface area (Å²) in [5.74, 6) is 3.51. The van der Waals surface area contributed by atoms with E-state index in [2.05, 4.69) is 49.4 Å². The van der Waals surface area contributed by atoms with Crippen LogP contribution < -0.4 is 15.0 Å². The van der Waals surface area contributed by atoms with Crippen molar-refractivity contribution in [2.45, 2.75) is 31.7 Å². The molecule has 0 radical (unpaired) electrons. The van der Waals surface area contributed by atoms with Crippen molar-refractivity contribution >= 4 is 35.8 Å². The van der Waals surface area contributed by atoms with Gasteiger partial charge in [-0.3, -0.25) is 4.99 Å². The standard InChI is InChI=1S/C23H31N5O.HI/c1-24-23(26-16-18-9-11-25-22(15-18)27-12-3-4-13-27)28-14-10-20(17-28)19-5-7-21(29-2)8-6-19;/h5-9,11,15,20H,3-4,10,12-14,16-17H2,1-2H3,(H,24,26);1H. The summed E-state index contributed by atoms with van der Waals surface area (Å²) in [7, 11) is 3.57. The number of likely N-dealkylation sites (tertiary alicyclic amines) is 1. The van der Waals surface area contributed by atoms with Crippen molar-refractivity contribution in [3.05, 3.63) is 53.7 Å². The van der Waals surface area contributed by atoms with Crippen LogP contribution in [-0.2, 0) is 6.54 Å². The molecule has 1 unspecified atom stereocenters. The van der Waals surface area contributed by atoms with Gasteiger partial charge in [-0.05, 0) is 54.7 Å². The summed E-state index contributed by atoms with van der Waals surface area (Å²) >= 11 is 0. The Morgan fingerprint density at radius 3 is 2.63 bits per heavy atom. The van der Waals surface area contributed by atoms with Gasteiger partial charge < -0.3 is 19.9 Å². The van der Waals surface area contributed by atoms with Crippen molar-refractivity contribution in [2.24, 2.45) is 4.99 Å². The van der Waals surface area contributed by atoms with Crippen molar-refractivity contribution in [1.29, 1.82) is 0 Å². The van der Waals surface area contributed by atoms with E-state index in [1.807, 2.05) is 25.4 Å². The third-order valence-electron chi connectivity index (χ3n) is 5.98.